The summed E-state index contributed by atoms with van der Waals surface area (Å²) in [5.74, 6) is -4.52. The van der Waals surface area contributed by atoms with E-state index in [1.54, 1.807) is 51.7 Å². The number of esters is 1. The summed E-state index contributed by atoms with van der Waals surface area (Å²) in [5, 5.41) is 55.1. The number of Topliss-reactive ketones (excluding diaryl/α,β-unsaturated/α-hetero) is 1. The van der Waals surface area contributed by atoms with E-state index in [1.165, 1.54) is 14.0 Å². The Morgan fingerprint density at radius 3 is 2.40 bits per heavy atom. The molecule has 0 aromatic carbocycles. The second-order valence-corrected chi connectivity index (χ2v) is 19.2. The third-order valence-corrected chi connectivity index (χ3v) is 14.3. The Morgan fingerprint density at radius 1 is 1.00 bits per heavy atom. The third kappa shape index (κ3) is 10.4. The van der Waals surface area contributed by atoms with Gasteiger partial charge in [0.2, 0.25) is 0 Å². The maximum atomic E-state index is 14.4. The van der Waals surface area contributed by atoms with Gasteiger partial charge in [-0.15, -0.1) is 5.10 Å². The zero-order chi connectivity index (χ0) is 46.2. The number of carbonyl (C=O) groups is 2. The molecule has 0 unspecified atom stereocenters. The molecule has 4 N–H and O–H groups in total. The Balaban J connectivity index is 1.32. The average Bonchev–Trinajstić information content (AvgIpc) is 3.91. The van der Waals surface area contributed by atoms with Crippen LogP contribution in [0.2, 0.25) is 0 Å². The van der Waals surface area contributed by atoms with E-state index >= 15 is 0 Å². The van der Waals surface area contributed by atoms with Gasteiger partial charge < -0.3 is 58.5 Å². The first-order chi connectivity index (χ1) is 29.6. The molecule has 0 spiro atoms. The van der Waals surface area contributed by atoms with Gasteiger partial charge in [0, 0.05) is 56.5 Å². The van der Waals surface area contributed by atoms with Crippen LogP contribution in [0.3, 0.4) is 0 Å². The molecule has 0 aliphatic carbocycles. The lowest BCUT2D eigenvalue weighted by atomic mass is 9.75. The number of hydrogen-bond donors (Lipinski definition) is 4. The molecule has 0 saturated carbocycles. The molecule has 63 heavy (non-hydrogen) atoms. The van der Waals surface area contributed by atoms with Crippen LogP contribution in [0.4, 0.5) is 0 Å². The number of fused-ring (bicyclic) bond motifs is 2. The normalized spacial score (nSPS) is 43.1. The molecular formula is C45H71N5O13. The van der Waals surface area contributed by atoms with Gasteiger partial charge in [-0.05, 0) is 80.0 Å². The number of methoxy groups -OCH3 is 1. The summed E-state index contributed by atoms with van der Waals surface area (Å²) in [6, 6.07) is 3.32. The van der Waals surface area contributed by atoms with E-state index in [2.05, 4.69) is 20.2 Å². The molecule has 4 aliphatic heterocycles. The van der Waals surface area contributed by atoms with Crippen molar-refractivity contribution >= 4 is 11.8 Å². The maximum absolute atomic E-state index is 14.4. The number of rotatable bonds is 11. The molecule has 2 aromatic heterocycles. The van der Waals surface area contributed by atoms with E-state index in [9.17, 15) is 30.0 Å². The number of hydrogen-bond acceptors (Lipinski definition) is 17. The fraction of sp³-hybridized carbons (Fsp3) is 0.800. The van der Waals surface area contributed by atoms with Gasteiger partial charge in [0.1, 0.15) is 29.7 Å². The highest BCUT2D eigenvalue weighted by atomic mass is 16.7. The summed E-state index contributed by atoms with van der Waals surface area (Å²) in [5.41, 5.74) is -2.68. The zero-order valence-electron chi connectivity index (χ0n) is 38.7. The van der Waals surface area contributed by atoms with Crippen molar-refractivity contribution in [3.05, 3.63) is 36.4 Å². The number of aliphatic hydroxyl groups excluding tert-OH is 3. The number of ether oxygens (including phenoxy) is 7. The van der Waals surface area contributed by atoms with Crippen molar-refractivity contribution in [3.8, 4) is 5.69 Å². The molecule has 6 rings (SSSR count). The van der Waals surface area contributed by atoms with E-state index in [0.717, 1.165) is 11.4 Å². The van der Waals surface area contributed by atoms with Crippen LogP contribution < -0.4 is 0 Å². The predicted octanol–water partition coefficient (Wildman–Crippen LogP) is 2.39. The van der Waals surface area contributed by atoms with Gasteiger partial charge >= 0.3 is 5.97 Å². The van der Waals surface area contributed by atoms with Gasteiger partial charge in [0.15, 0.2) is 12.6 Å². The molecule has 4 aliphatic rings. The van der Waals surface area contributed by atoms with Crippen molar-refractivity contribution in [2.24, 2.45) is 23.7 Å². The molecule has 4 fully saturated rings. The minimum absolute atomic E-state index is 0.00338. The minimum atomic E-state index is -1.98. The largest absolute Gasteiger partial charge is 0.459 e. The molecule has 2 aromatic rings. The van der Waals surface area contributed by atoms with Crippen LogP contribution in [0, 0.1) is 23.7 Å². The highest BCUT2D eigenvalue weighted by Crippen LogP contribution is 2.44. The smallest absolute Gasteiger partial charge is 0.311 e. The standard InChI is InChI=1S/C45H71N5O13/c1-12-33-45(9,56)38(53)25(3)35(51)29-19-44(8,58-23-29)40(26(4)37(27(5)41(55)61-33)62-34-20-43(7,57-11)39(54)28(6)60-34)63-42-36(52)32(18-24(2)59-42)49(10)17-15-30-22-50(48-47-30)31-14-13-16-46-21-31/h13-14,16,21-22,24-29,32-34,36-40,42,52-54,56H,12,15,17-20,23H2,1-11H3/t24-,25+,26+,27-,28+,29+,32+,33-,34+,36-,37+,38-,39+,40-,42+,43-,44-,45-/m1/s1. The van der Waals surface area contributed by atoms with Crippen molar-refractivity contribution in [1.82, 2.24) is 24.9 Å². The Morgan fingerprint density at radius 2 is 1.73 bits per heavy atom. The van der Waals surface area contributed by atoms with Crippen molar-refractivity contribution in [2.75, 3.05) is 27.3 Å². The Labute approximate surface area is 370 Å². The number of likely N-dealkylation sites (N-methyl/N-ethyl adjacent to an activating group) is 1. The number of pyridine rings is 1. The summed E-state index contributed by atoms with van der Waals surface area (Å²) < 4.78 is 46.4. The monoisotopic (exact) mass is 890 g/mol. The lowest BCUT2D eigenvalue weighted by Gasteiger charge is -2.49. The molecule has 6 heterocycles. The number of cyclic esters (lactones) is 1. The second-order valence-electron chi connectivity index (χ2n) is 19.2. The third-order valence-electron chi connectivity index (χ3n) is 14.3. The van der Waals surface area contributed by atoms with Gasteiger partial charge in [-0.3, -0.25) is 14.6 Å². The molecule has 2 bridgehead atoms. The molecule has 0 radical (unpaired) electrons. The lowest BCUT2D eigenvalue weighted by Crippen LogP contribution is -2.61. The van der Waals surface area contributed by atoms with Crippen molar-refractivity contribution in [1.29, 1.82) is 0 Å². The highest BCUT2D eigenvalue weighted by Gasteiger charge is 2.56. The van der Waals surface area contributed by atoms with Crippen molar-refractivity contribution in [2.45, 2.75) is 179 Å². The van der Waals surface area contributed by atoms with Gasteiger partial charge in [0.25, 0.3) is 0 Å². The molecule has 18 atom stereocenters. The second kappa shape index (κ2) is 19.8. The lowest BCUT2D eigenvalue weighted by molar-refractivity contribution is -0.317. The molecule has 0 amide bonds. The molecule has 18 nitrogen and oxygen atoms in total. The number of ketones is 1. The first-order valence-corrected chi connectivity index (χ1v) is 22.5. The summed E-state index contributed by atoms with van der Waals surface area (Å²) in [4.78, 5) is 34.7. The van der Waals surface area contributed by atoms with Gasteiger partial charge in [0.05, 0.1) is 78.0 Å². The van der Waals surface area contributed by atoms with Crippen LogP contribution >= 0.6 is 0 Å². The van der Waals surface area contributed by atoms with Gasteiger partial charge in [-0.1, -0.05) is 26.0 Å². The first-order valence-electron chi connectivity index (χ1n) is 22.5. The van der Waals surface area contributed by atoms with E-state index in [0.29, 0.717) is 19.4 Å². The van der Waals surface area contributed by atoms with Crippen LogP contribution in [-0.2, 0) is 49.2 Å². The quantitative estimate of drug-likeness (QED) is 0.238. The Kier molecular flexibility index (Phi) is 15.6. The fourth-order valence-electron chi connectivity index (χ4n) is 10.2. The van der Waals surface area contributed by atoms with Crippen LogP contribution in [0.1, 0.15) is 93.7 Å². The summed E-state index contributed by atoms with van der Waals surface area (Å²) in [7, 11) is 3.43. The number of carbonyl (C=O) groups excluding carboxylic acids is 2. The zero-order valence-corrected chi connectivity index (χ0v) is 38.7. The summed E-state index contributed by atoms with van der Waals surface area (Å²) in [6.07, 6.45) is -3.31. The first kappa shape index (κ1) is 49.4. The number of aromatic nitrogens is 4. The van der Waals surface area contributed by atoms with Crippen molar-refractivity contribution < 1.29 is 63.2 Å². The van der Waals surface area contributed by atoms with Crippen LogP contribution in [0.25, 0.3) is 5.69 Å². The molecular weight excluding hydrogens is 819 g/mol. The van der Waals surface area contributed by atoms with E-state index in [-0.39, 0.29) is 37.8 Å². The summed E-state index contributed by atoms with van der Waals surface area (Å²) in [6.45, 7) is 15.9. The van der Waals surface area contributed by atoms with Gasteiger partial charge in [-0.25, -0.2) is 4.68 Å². The van der Waals surface area contributed by atoms with E-state index in [1.807, 2.05) is 46.1 Å². The molecule has 4 saturated heterocycles. The van der Waals surface area contributed by atoms with Crippen LogP contribution in [-0.4, -0.2) is 169 Å². The van der Waals surface area contributed by atoms with Gasteiger partial charge in [-0.2, -0.15) is 0 Å². The van der Waals surface area contributed by atoms with E-state index < -0.39 is 108 Å². The molecule has 18 heteroatoms. The predicted molar refractivity (Wildman–Crippen MR) is 226 cm³/mol. The maximum Gasteiger partial charge on any atom is 0.311 e. The Hall–Kier alpha value is -3.01. The average molecular weight is 890 g/mol. The fourth-order valence-corrected chi connectivity index (χ4v) is 10.2. The minimum Gasteiger partial charge on any atom is -0.459 e. The molecule has 354 valence electrons. The van der Waals surface area contributed by atoms with Crippen LogP contribution in [0.5, 0.6) is 0 Å². The number of nitrogens with zero attached hydrogens (tertiary/aromatic N) is 5. The topological polar surface area (TPSA) is 227 Å². The van der Waals surface area contributed by atoms with E-state index in [4.69, 9.17) is 33.2 Å². The Bertz CT molecular complexity index is 1840. The van der Waals surface area contributed by atoms with Crippen LogP contribution in [0.15, 0.2) is 30.7 Å². The SMILES string of the molecule is CC[C@H]1OC(=O)[C@H](C)[C@@H](O[C@H]2C[C@@](C)(OC)[C@@H](O)[C@H](C)O2)[C@H](C)[C@@H](O[C@@H]2O[C@H](C)C[C@H](N(C)CCc3cn(-c4cccnc4)nn3)[C@H]2O)[C@@]2(C)C[C@@H](CO2)C(=O)[C@H](C)[C@@H](O)[C@]1(C)O. The highest BCUT2D eigenvalue weighted by molar-refractivity contribution is 5.84. The number of aliphatic hydroxyl groups is 4. The van der Waals surface area contributed by atoms with Crippen molar-refractivity contribution in [3.63, 3.8) is 0 Å². The summed E-state index contributed by atoms with van der Waals surface area (Å²) >= 11 is 0.